The summed E-state index contributed by atoms with van der Waals surface area (Å²) in [6.07, 6.45) is -2.26. The first-order valence-corrected chi connectivity index (χ1v) is 20.4. The maximum atomic E-state index is 15.0. The topological polar surface area (TPSA) is 185 Å². The predicted molar refractivity (Wildman–Crippen MR) is 202 cm³/mol. The van der Waals surface area contributed by atoms with E-state index in [1.165, 1.54) is 13.8 Å². The maximum absolute atomic E-state index is 15.0. The van der Waals surface area contributed by atoms with Crippen molar-refractivity contribution in [2.24, 2.45) is 17.8 Å². The smallest absolute Gasteiger partial charge is 0.411 e. The summed E-state index contributed by atoms with van der Waals surface area (Å²) in [6, 6.07) is 2.86. The lowest BCUT2D eigenvalue weighted by Gasteiger charge is -2.45. The number of ether oxygens (including phenoxy) is 2. The molecule has 0 radical (unpaired) electrons. The van der Waals surface area contributed by atoms with Crippen molar-refractivity contribution >= 4 is 44.6 Å². The third kappa shape index (κ3) is 7.85. The van der Waals surface area contributed by atoms with E-state index in [2.05, 4.69) is 15.0 Å². The Hall–Kier alpha value is -4.61. The number of hydrogen-bond donors (Lipinski definition) is 3. The van der Waals surface area contributed by atoms with Crippen molar-refractivity contribution in [3.05, 3.63) is 42.6 Å². The molecule has 3 heterocycles. The Morgan fingerprint density at radius 2 is 1.82 bits per heavy atom. The van der Waals surface area contributed by atoms with Crippen molar-refractivity contribution in [3.8, 4) is 11.6 Å². The summed E-state index contributed by atoms with van der Waals surface area (Å²) in [6.45, 7) is 5.67. The molecule has 0 bridgehead atoms. The van der Waals surface area contributed by atoms with Gasteiger partial charge in [0.15, 0.2) is 0 Å². The summed E-state index contributed by atoms with van der Waals surface area (Å²) >= 11 is 0. The van der Waals surface area contributed by atoms with Gasteiger partial charge in [-0.1, -0.05) is 44.2 Å². The monoisotopic (exact) mass is 824 g/mol. The number of alkyl halides is 3. The van der Waals surface area contributed by atoms with Crippen LogP contribution >= 0.6 is 0 Å². The van der Waals surface area contributed by atoms with Gasteiger partial charge >= 0.3 is 12.3 Å². The number of amides is 4. The zero-order chi connectivity index (χ0) is 44.4. The van der Waals surface area contributed by atoms with Crippen LogP contribution in [0, 0.1) is 17.8 Å². The SMILES string of the molecule is [2H]C([2H])([2H])Oc1cnc(O[C@@H]2C[C@H]3C(=O)N[C@]4(C(=O)NS(=O)(=O)C5(C)CC5)C[C@H]4/C=C\CC[C@H](C)C[C@@H](C)[C@H](N(C(=O)O)C(C)(C)C(F)(F)F)C(=O)N3C2)c2ccccc12. The number of aromatic nitrogens is 1. The van der Waals surface area contributed by atoms with Crippen LogP contribution in [0.1, 0.15) is 83.7 Å². The zero-order valence-electron chi connectivity index (χ0n) is 35.3. The molecule has 7 atom stereocenters. The molecule has 312 valence electrons. The van der Waals surface area contributed by atoms with Crippen LogP contribution in [-0.4, -0.2) is 106 Å². The molecule has 6 rings (SSSR count). The van der Waals surface area contributed by atoms with Crippen LogP contribution in [0.2, 0.25) is 0 Å². The standard InChI is InChI=1S/C39H50F3N5O9S/c1-22-11-7-8-12-24-19-38(24,34(50)45-57(53,54)37(5)15-16-37)44-31(48)28-18-25(56-32-27-14-10-9-13-26(27)29(55-6)20-43-32)21-46(28)33(49)30(23(2)17-22)47(35(51)52)36(3,4)39(40,41)42/h8-10,12-14,20,22-25,28,30H,7,11,15-19,21H2,1-6H3,(H,44,48)(H,45,50)(H,51,52)/b12-8-/t22-,23+,24+,25+,28-,30-,38+/m0/s1/i6D3. The molecule has 2 aliphatic carbocycles. The number of pyridine rings is 1. The summed E-state index contributed by atoms with van der Waals surface area (Å²) in [4.78, 5) is 61.8. The fourth-order valence-corrected chi connectivity index (χ4v) is 9.37. The molecule has 2 aliphatic heterocycles. The van der Waals surface area contributed by atoms with Crippen LogP contribution in [-0.2, 0) is 24.4 Å². The molecule has 4 amide bonds. The Kier molecular flexibility index (Phi) is 9.96. The highest BCUT2D eigenvalue weighted by atomic mass is 32.2. The van der Waals surface area contributed by atoms with E-state index in [-0.39, 0.29) is 47.1 Å². The Balaban J connectivity index is 1.43. The highest BCUT2D eigenvalue weighted by molar-refractivity contribution is 7.91. The quantitative estimate of drug-likeness (QED) is 0.301. The molecule has 1 saturated heterocycles. The second-order valence-corrected chi connectivity index (χ2v) is 18.9. The summed E-state index contributed by atoms with van der Waals surface area (Å²) in [5.41, 5.74) is -4.84. The van der Waals surface area contributed by atoms with Gasteiger partial charge in [0, 0.05) is 23.1 Å². The summed E-state index contributed by atoms with van der Waals surface area (Å²) in [5.74, 6) is -5.06. The van der Waals surface area contributed by atoms with Crippen LogP contribution in [0.3, 0.4) is 0 Å². The van der Waals surface area contributed by atoms with E-state index in [0.29, 0.717) is 44.9 Å². The van der Waals surface area contributed by atoms with Crippen LogP contribution in [0.15, 0.2) is 42.6 Å². The van der Waals surface area contributed by atoms with Crippen LogP contribution < -0.4 is 19.5 Å². The van der Waals surface area contributed by atoms with Crippen LogP contribution in [0.25, 0.3) is 10.8 Å². The van der Waals surface area contributed by atoms with Gasteiger partial charge in [0.05, 0.1) is 28.6 Å². The fourth-order valence-electron chi connectivity index (χ4n) is 8.06. The van der Waals surface area contributed by atoms with Gasteiger partial charge in [-0.25, -0.2) is 18.2 Å². The number of hydrogen-bond acceptors (Lipinski definition) is 9. The molecule has 2 saturated carbocycles. The van der Waals surface area contributed by atoms with Gasteiger partial charge < -0.3 is 24.8 Å². The lowest BCUT2D eigenvalue weighted by Crippen LogP contribution is -2.66. The van der Waals surface area contributed by atoms with Crippen molar-refractivity contribution in [2.75, 3.05) is 13.6 Å². The minimum atomic E-state index is -5.13. The highest BCUT2D eigenvalue weighted by Crippen LogP contribution is 2.48. The molecule has 2 aromatic rings. The number of rotatable bonds is 8. The van der Waals surface area contributed by atoms with Gasteiger partial charge in [-0.3, -0.25) is 24.0 Å². The molecule has 1 aromatic carbocycles. The zero-order valence-corrected chi connectivity index (χ0v) is 33.1. The van der Waals surface area contributed by atoms with E-state index in [4.69, 9.17) is 13.6 Å². The van der Waals surface area contributed by atoms with Gasteiger partial charge in [-0.2, -0.15) is 13.2 Å². The highest BCUT2D eigenvalue weighted by Gasteiger charge is 2.64. The Bertz CT molecular complexity index is 2190. The summed E-state index contributed by atoms with van der Waals surface area (Å²) < 4.78 is 106. The fraction of sp³-hybridized carbons (Fsp3) is 0.615. The molecule has 0 unspecified atom stereocenters. The minimum absolute atomic E-state index is 0.0102. The minimum Gasteiger partial charge on any atom is -0.494 e. The van der Waals surface area contributed by atoms with Gasteiger partial charge in [0.1, 0.15) is 35.0 Å². The first-order valence-electron chi connectivity index (χ1n) is 20.4. The van der Waals surface area contributed by atoms with Gasteiger partial charge in [-0.05, 0) is 77.2 Å². The number of carbonyl (C=O) groups is 4. The molecular formula is C39H50F3N5O9S. The van der Waals surface area contributed by atoms with E-state index in [0.717, 1.165) is 11.1 Å². The van der Waals surface area contributed by atoms with Crippen molar-refractivity contribution in [1.82, 2.24) is 24.8 Å². The van der Waals surface area contributed by atoms with E-state index >= 15 is 4.79 Å². The molecule has 0 spiro atoms. The summed E-state index contributed by atoms with van der Waals surface area (Å²) in [7, 11) is -6.98. The van der Waals surface area contributed by atoms with E-state index in [1.54, 1.807) is 36.4 Å². The summed E-state index contributed by atoms with van der Waals surface area (Å²) in [5, 5.41) is 13.7. The van der Waals surface area contributed by atoms with Crippen LogP contribution in [0.5, 0.6) is 11.6 Å². The Labute approximate surface area is 333 Å². The van der Waals surface area contributed by atoms with E-state index in [1.807, 2.05) is 6.92 Å². The van der Waals surface area contributed by atoms with Gasteiger partial charge in [-0.15, -0.1) is 0 Å². The number of sulfonamides is 1. The normalized spacial score (nSPS) is 30.8. The molecule has 4 aliphatic rings. The first-order chi connectivity index (χ1) is 27.7. The molecule has 57 heavy (non-hydrogen) atoms. The second-order valence-electron chi connectivity index (χ2n) is 16.7. The number of methoxy groups -OCH3 is 1. The van der Waals surface area contributed by atoms with Gasteiger partial charge in [0.25, 0.3) is 5.91 Å². The molecule has 3 fully saturated rings. The average molecular weight is 825 g/mol. The number of halogens is 3. The van der Waals surface area contributed by atoms with E-state index < -0.39 is 99.4 Å². The average Bonchev–Trinajstić information content (AvgIpc) is 4.01. The number of nitrogens with one attached hydrogen (secondary N) is 2. The Morgan fingerprint density at radius 3 is 2.46 bits per heavy atom. The van der Waals surface area contributed by atoms with Crippen LogP contribution in [0.4, 0.5) is 18.0 Å². The van der Waals surface area contributed by atoms with Gasteiger partial charge in [0.2, 0.25) is 27.7 Å². The number of nitrogens with zero attached hydrogens (tertiary/aromatic N) is 3. The molecule has 18 heteroatoms. The lowest BCUT2D eigenvalue weighted by atomic mass is 9.85. The third-order valence-electron chi connectivity index (χ3n) is 12.1. The number of benzene rings is 1. The first kappa shape index (κ1) is 37.9. The lowest BCUT2D eigenvalue weighted by molar-refractivity contribution is -0.222. The van der Waals surface area contributed by atoms with Crippen molar-refractivity contribution in [1.29, 1.82) is 0 Å². The number of carbonyl (C=O) groups excluding carboxylic acids is 3. The van der Waals surface area contributed by atoms with E-state index in [9.17, 15) is 41.1 Å². The largest absolute Gasteiger partial charge is 0.494 e. The van der Waals surface area contributed by atoms with Crippen molar-refractivity contribution in [2.45, 2.75) is 120 Å². The number of fused-ring (bicyclic) bond motifs is 3. The maximum Gasteiger partial charge on any atom is 0.411 e. The predicted octanol–water partition coefficient (Wildman–Crippen LogP) is 5.17. The molecule has 3 N–H and O–H groups in total. The van der Waals surface area contributed by atoms with Crippen molar-refractivity contribution < 1.29 is 59.5 Å². The molecular weight excluding hydrogens is 772 g/mol. The molecule has 14 nitrogen and oxygen atoms in total. The number of allylic oxidation sites excluding steroid dienone is 1. The Morgan fingerprint density at radius 1 is 1.14 bits per heavy atom. The second kappa shape index (κ2) is 15.0. The third-order valence-corrected chi connectivity index (χ3v) is 14.3. The molecule has 1 aromatic heterocycles. The van der Waals surface area contributed by atoms with Crippen molar-refractivity contribution in [3.63, 3.8) is 0 Å². The number of carboxylic acid groups (broad SMARTS) is 1.